The Kier molecular flexibility index (Phi) is 5.76. The Balaban J connectivity index is 1.95. The smallest absolute Gasteiger partial charge is 0.123 e. The van der Waals surface area contributed by atoms with E-state index in [0.29, 0.717) is 31.7 Å². The maximum atomic E-state index is 9.82. The number of benzene rings is 1. The number of hydrogen-bond donors (Lipinski definition) is 4. The van der Waals surface area contributed by atoms with Crippen LogP contribution < -0.4 is 10.1 Å². The molecule has 0 bridgehead atoms. The molecule has 4 N–H and O–H groups in total. The largest absolute Gasteiger partial charge is 0.491 e. The average molecular weight is 293 g/mol. The van der Waals surface area contributed by atoms with E-state index >= 15 is 0 Å². The molecular formula is C16H23NO4. The van der Waals surface area contributed by atoms with E-state index in [1.54, 1.807) is 6.08 Å². The zero-order valence-corrected chi connectivity index (χ0v) is 12.0. The van der Waals surface area contributed by atoms with Gasteiger partial charge in [0, 0.05) is 31.5 Å². The molecule has 0 amide bonds. The first kappa shape index (κ1) is 16.0. The lowest BCUT2D eigenvalue weighted by atomic mass is 9.87. The number of fused-ring (bicyclic) bond motifs is 1. The first-order chi connectivity index (χ1) is 10.1. The highest BCUT2D eigenvalue weighted by Crippen LogP contribution is 2.30. The molecule has 0 fully saturated rings. The van der Waals surface area contributed by atoms with E-state index in [1.807, 2.05) is 18.2 Å². The quantitative estimate of drug-likeness (QED) is 0.421. The van der Waals surface area contributed by atoms with E-state index in [1.165, 1.54) is 0 Å². The zero-order valence-electron chi connectivity index (χ0n) is 12.0. The Morgan fingerprint density at radius 3 is 2.86 bits per heavy atom. The fourth-order valence-corrected chi connectivity index (χ4v) is 2.47. The molecule has 21 heavy (non-hydrogen) atoms. The monoisotopic (exact) mass is 293 g/mol. The summed E-state index contributed by atoms with van der Waals surface area (Å²) >= 11 is 0. The van der Waals surface area contributed by atoms with Gasteiger partial charge in [0.05, 0.1) is 12.2 Å². The molecule has 0 saturated heterocycles. The summed E-state index contributed by atoms with van der Waals surface area (Å²) in [5, 5.41) is 32.4. The predicted octanol–water partition coefficient (Wildman–Crippen LogP) is 0.0223. The van der Waals surface area contributed by atoms with Crippen molar-refractivity contribution in [3.05, 3.63) is 42.0 Å². The fourth-order valence-electron chi connectivity index (χ4n) is 2.47. The van der Waals surface area contributed by atoms with Crippen LogP contribution in [0.4, 0.5) is 0 Å². The van der Waals surface area contributed by atoms with Gasteiger partial charge in [-0.1, -0.05) is 18.2 Å². The Labute approximate surface area is 124 Å². The fraction of sp³-hybridized carbons (Fsp3) is 0.500. The summed E-state index contributed by atoms with van der Waals surface area (Å²) in [6.45, 7) is 4.85. The van der Waals surface area contributed by atoms with Gasteiger partial charge in [0.1, 0.15) is 18.5 Å². The molecule has 1 aromatic rings. The standard InChI is InChI=1S/C16H23NO4/c1-2-6-17-9-12(18)10-21-16-5-3-4-11-7-14(19)15(20)8-13(11)16/h2-5,12,14-15,17-20H,1,6-10H2. The second kappa shape index (κ2) is 7.56. The van der Waals surface area contributed by atoms with Crippen LogP contribution in [-0.2, 0) is 12.8 Å². The van der Waals surface area contributed by atoms with E-state index in [2.05, 4.69) is 11.9 Å². The molecule has 5 heteroatoms. The van der Waals surface area contributed by atoms with Gasteiger partial charge in [-0.15, -0.1) is 6.58 Å². The minimum Gasteiger partial charge on any atom is -0.491 e. The molecule has 1 aromatic carbocycles. The van der Waals surface area contributed by atoms with Crippen molar-refractivity contribution < 1.29 is 20.1 Å². The van der Waals surface area contributed by atoms with Crippen LogP contribution in [0.5, 0.6) is 5.75 Å². The Morgan fingerprint density at radius 1 is 1.33 bits per heavy atom. The lowest BCUT2D eigenvalue weighted by Gasteiger charge is -2.27. The van der Waals surface area contributed by atoms with Gasteiger partial charge in [-0.05, 0) is 11.6 Å². The molecule has 3 atom stereocenters. The number of rotatable bonds is 7. The minimum absolute atomic E-state index is 0.180. The summed E-state index contributed by atoms with van der Waals surface area (Å²) in [4.78, 5) is 0. The third kappa shape index (κ3) is 4.28. The molecule has 5 nitrogen and oxygen atoms in total. The molecule has 0 saturated carbocycles. The third-order valence-electron chi connectivity index (χ3n) is 3.62. The van der Waals surface area contributed by atoms with Gasteiger partial charge >= 0.3 is 0 Å². The molecule has 1 aliphatic rings. The summed E-state index contributed by atoms with van der Waals surface area (Å²) in [7, 11) is 0. The van der Waals surface area contributed by atoms with Crippen molar-refractivity contribution in [2.75, 3.05) is 19.7 Å². The van der Waals surface area contributed by atoms with Gasteiger partial charge in [0.25, 0.3) is 0 Å². The van der Waals surface area contributed by atoms with Crippen LogP contribution in [0.25, 0.3) is 0 Å². The van der Waals surface area contributed by atoms with Crippen LogP contribution in [0.15, 0.2) is 30.9 Å². The number of ether oxygens (including phenoxy) is 1. The van der Waals surface area contributed by atoms with Crippen LogP contribution in [0.2, 0.25) is 0 Å². The molecule has 0 spiro atoms. The van der Waals surface area contributed by atoms with Crippen molar-refractivity contribution in [2.45, 2.75) is 31.2 Å². The highest BCUT2D eigenvalue weighted by Gasteiger charge is 2.27. The normalized spacial score (nSPS) is 22.4. The van der Waals surface area contributed by atoms with Crippen LogP contribution in [0, 0.1) is 0 Å². The van der Waals surface area contributed by atoms with Crippen molar-refractivity contribution in [2.24, 2.45) is 0 Å². The summed E-state index contributed by atoms with van der Waals surface area (Å²) in [6, 6.07) is 5.62. The maximum Gasteiger partial charge on any atom is 0.123 e. The average Bonchev–Trinajstić information content (AvgIpc) is 2.47. The molecule has 0 aromatic heterocycles. The van der Waals surface area contributed by atoms with Gasteiger partial charge < -0.3 is 25.4 Å². The number of aliphatic hydroxyl groups is 3. The molecular weight excluding hydrogens is 270 g/mol. The van der Waals surface area contributed by atoms with Crippen molar-refractivity contribution in [3.8, 4) is 5.75 Å². The van der Waals surface area contributed by atoms with Crippen LogP contribution >= 0.6 is 0 Å². The number of nitrogens with one attached hydrogen (secondary N) is 1. The number of hydrogen-bond acceptors (Lipinski definition) is 5. The van der Waals surface area contributed by atoms with Gasteiger partial charge in [0.2, 0.25) is 0 Å². The van der Waals surface area contributed by atoms with E-state index in [0.717, 1.165) is 11.1 Å². The Bertz CT molecular complexity index is 477. The first-order valence-corrected chi connectivity index (χ1v) is 7.21. The molecule has 116 valence electrons. The van der Waals surface area contributed by atoms with Gasteiger partial charge in [-0.2, -0.15) is 0 Å². The summed E-state index contributed by atoms with van der Waals surface area (Å²) in [5.41, 5.74) is 1.91. The molecule has 0 aliphatic heterocycles. The van der Waals surface area contributed by atoms with Crippen LogP contribution in [0.3, 0.4) is 0 Å². The lowest BCUT2D eigenvalue weighted by Crippen LogP contribution is -2.35. The molecule has 0 radical (unpaired) electrons. The zero-order chi connectivity index (χ0) is 15.2. The van der Waals surface area contributed by atoms with Gasteiger partial charge in [0.15, 0.2) is 0 Å². The first-order valence-electron chi connectivity index (χ1n) is 7.21. The summed E-state index contributed by atoms with van der Waals surface area (Å²) in [5.74, 6) is 0.668. The Morgan fingerprint density at radius 2 is 2.10 bits per heavy atom. The van der Waals surface area contributed by atoms with Gasteiger partial charge in [-0.25, -0.2) is 0 Å². The van der Waals surface area contributed by atoms with E-state index in [9.17, 15) is 15.3 Å². The van der Waals surface area contributed by atoms with Crippen molar-refractivity contribution >= 4 is 0 Å². The Hall–Kier alpha value is -1.40. The number of aliphatic hydroxyl groups excluding tert-OH is 3. The minimum atomic E-state index is -0.763. The maximum absolute atomic E-state index is 9.82. The third-order valence-corrected chi connectivity index (χ3v) is 3.62. The summed E-state index contributed by atoms with van der Waals surface area (Å²) < 4.78 is 5.67. The molecule has 1 aliphatic carbocycles. The topological polar surface area (TPSA) is 82.0 Å². The van der Waals surface area contributed by atoms with Crippen molar-refractivity contribution in [3.63, 3.8) is 0 Å². The predicted molar refractivity (Wildman–Crippen MR) is 80.4 cm³/mol. The highest BCUT2D eigenvalue weighted by atomic mass is 16.5. The van der Waals surface area contributed by atoms with Gasteiger partial charge in [-0.3, -0.25) is 0 Å². The van der Waals surface area contributed by atoms with Crippen molar-refractivity contribution in [1.29, 1.82) is 0 Å². The molecule has 0 heterocycles. The second-order valence-corrected chi connectivity index (χ2v) is 5.35. The lowest BCUT2D eigenvalue weighted by molar-refractivity contribution is 0.0132. The molecule has 2 rings (SSSR count). The van der Waals surface area contributed by atoms with Crippen molar-refractivity contribution in [1.82, 2.24) is 5.32 Å². The van der Waals surface area contributed by atoms with Crippen LogP contribution in [0.1, 0.15) is 11.1 Å². The highest BCUT2D eigenvalue weighted by molar-refractivity contribution is 5.43. The van der Waals surface area contributed by atoms with E-state index in [-0.39, 0.29) is 6.61 Å². The summed E-state index contributed by atoms with van der Waals surface area (Å²) in [6.07, 6.45) is 0.436. The molecule has 3 unspecified atom stereocenters. The van der Waals surface area contributed by atoms with E-state index in [4.69, 9.17) is 4.74 Å². The second-order valence-electron chi connectivity index (χ2n) is 5.35. The van der Waals surface area contributed by atoms with Crippen LogP contribution in [-0.4, -0.2) is 53.3 Å². The SMILES string of the molecule is C=CCNCC(O)COc1cccc2c1CC(O)C(O)C2. The van der Waals surface area contributed by atoms with E-state index < -0.39 is 18.3 Å².